The number of methoxy groups -OCH3 is 1. The number of rotatable bonds is 13. The van der Waals surface area contributed by atoms with E-state index in [1.54, 1.807) is 45.4 Å². The number of amides is 4. The lowest BCUT2D eigenvalue weighted by Crippen LogP contribution is -2.59. The molecule has 14 heteroatoms. The molecule has 3 N–H and O–H groups in total. The van der Waals surface area contributed by atoms with E-state index in [-0.39, 0.29) is 25.3 Å². The van der Waals surface area contributed by atoms with Crippen LogP contribution in [0.25, 0.3) is 10.8 Å². The topological polar surface area (TPSA) is 173 Å². The molecule has 1 saturated heterocycles. The molecule has 1 aromatic carbocycles. The fraction of sp³-hybridized carbons (Fsp3) is 0.469. The molecule has 4 amide bonds. The van der Waals surface area contributed by atoms with E-state index in [4.69, 9.17) is 9.47 Å². The van der Waals surface area contributed by atoms with Crippen molar-refractivity contribution in [2.45, 2.75) is 68.5 Å². The zero-order chi connectivity index (χ0) is 33.4. The molecule has 46 heavy (non-hydrogen) atoms. The molecule has 3 fully saturated rings. The summed E-state index contributed by atoms with van der Waals surface area (Å²) in [4.78, 5) is 59.2. The SMILES string of the molecule is C=CC(=O)NC(C(=O)N1C[C@H](Oc2nccc3cc(OC)ccc23)C[C@H]1C(=O)N[C@]1(C(=O)NS(=O)(=O)C2CC2)CC1C=C)C(C)C. The van der Waals surface area contributed by atoms with Crippen molar-refractivity contribution in [1.82, 2.24) is 25.2 Å². The number of sulfonamides is 1. The van der Waals surface area contributed by atoms with Gasteiger partial charge in [0.2, 0.25) is 33.6 Å². The van der Waals surface area contributed by atoms with Crippen LogP contribution >= 0.6 is 0 Å². The molecular weight excluding hydrogens is 614 g/mol. The van der Waals surface area contributed by atoms with E-state index in [2.05, 4.69) is 33.5 Å². The van der Waals surface area contributed by atoms with Gasteiger partial charge in [-0.05, 0) is 60.9 Å². The Labute approximate surface area is 267 Å². The van der Waals surface area contributed by atoms with Gasteiger partial charge >= 0.3 is 0 Å². The van der Waals surface area contributed by atoms with E-state index in [1.165, 1.54) is 11.0 Å². The van der Waals surface area contributed by atoms with Crippen LogP contribution in [0.4, 0.5) is 0 Å². The number of pyridine rings is 1. The van der Waals surface area contributed by atoms with Crippen molar-refractivity contribution in [2.24, 2.45) is 11.8 Å². The highest BCUT2D eigenvalue weighted by molar-refractivity contribution is 7.91. The maximum absolute atomic E-state index is 14.0. The van der Waals surface area contributed by atoms with Gasteiger partial charge in [0.05, 0.1) is 18.9 Å². The zero-order valence-corrected chi connectivity index (χ0v) is 26.8. The van der Waals surface area contributed by atoms with Gasteiger partial charge in [-0.3, -0.25) is 23.9 Å². The Hall–Kier alpha value is -4.46. The molecular formula is C32H39N5O8S. The minimum atomic E-state index is -3.87. The van der Waals surface area contributed by atoms with E-state index in [1.807, 2.05) is 6.07 Å². The van der Waals surface area contributed by atoms with E-state index < -0.39 is 68.5 Å². The Balaban J connectivity index is 1.42. The molecule has 1 aromatic heterocycles. The Morgan fingerprint density at radius 1 is 1.15 bits per heavy atom. The third-order valence-corrected chi connectivity index (χ3v) is 10.5. The summed E-state index contributed by atoms with van der Waals surface area (Å²) in [5, 5.41) is 6.29. The molecule has 0 bridgehead atoms. The fourth-order valence-corrected chi connectivity index (χ4v) is 7.17. The first-order valence-electron chi connectivity index (χ1n) is 15.2. The first-order valence-corrected chi connectivity index (χ1v) is 16.7. The van der Waals surface area contributed by atoms with Crippen LogP contribution in [0.15, 0.2) is 55.8 Å². The van der Waals surface area contributed by atoms with Gasteiger partial charge in [-0.15, -0.1) is 6.58 Å². The van der Waals surface area contributed by atoms with Gasteiger partial charge in [0.25, 0.3) is 5.91 Å². The molecule has 0 spiro atoms. The lowest BCUT2D eigenvalue weighted by Gasteiger charge is -2.31. The van der Waals surface area contributed by atoms with Crippen molar-refractivity contribution >= 4 is 44.4 Å². The molecule has 2 saturated carbocycles. The third-order valence-electron chi connectivity index (χ3n) is 8.73. The zero-order valence-electron chi connectivity index (χ0n) is 26.0. The van der Waals surface area contributed by atoms with Gasteiger partial charge in [-0.2, -0.15) is 0 Å². The number of benzene rings is 1. The second kappa shape index (κ2) is 12.7. The number of hydrogen-bond donors (Lipinski definition) is 3. The number of aromatic nitrogens is 1. The Bertz CT molecular complexity index is 1690. The van der Waals surface area contributed by atoms with Gasteiger partial charge in [0.15, 0.2) is 0 Å². The molecule has 13 nitrogen and oxygen atoms in total. The summed E-state index contributed by atoms with van der Waals surface area (Å²) in [6.07, 6.45) is 4.58. The summed E-state index contributed by atoms with van der Waals surface area (Å²) >= 11 is 0. The summed E-state index contributed by atoms with van der Waals surface area (Å²) in [5.74, 6) is -2.45. The number of nitrogens with one attached hydrogen (secondary N) is 3. The van der Waals surface area contributed by atoms with Crippen LogP contribution in [-0.2, 0) is 29.2 Å². The van der Waals surface area contributed by atoms with Crippen molar-refractivity contribution < 1.29 is 37.1 Å². The number of likely N-dealkylation sites (tertiary alicyclic amines) is 1. The number of hydrogen-bond acceptors (Lipinski definition) is 9. The predicted molar refractivity (Wildman–Crippen MR) is 169 cm³/mol. The largest absolute Gasteiger partial charge is 0.497 e. The molecule has 246 valence electrons. The summed E-state index contributed by atoms with van der Waals surface area (Å²) in [6.45, 7) is 10.7. The second-order valence-electron chi connectivity index (χ2n) is 12.3. The highest BCUT2D eigenvalue weighted by Crippen LogP contribution is 2.45. The molecule has 2 aromatic rings. The molecule has 0 radical (unpaired) electrons. The van der Waals surface area contributed by atoms with Crippen molar-refractivity contribution in [2.75, 3.05) is 13.7 Å². The van der Waals surface area contributed by atoms with Gasteiger partial charge in [0, 0.05) is 23.9 Å². The summed E-state index contributed by atoms with van der Waals surface area (Å²) in [6, 6.07) is 5.13. The third kappa shape index (κ3) is 6.57. The normalized spacial score (nSPS) is 24.5. The van der Waals surface area contributed by atoms with E-state index in [0.29, 0.717) is 29.9 Å². The quantitative estimate of drug-likeness (QED) is 0.214. The summed E-state index contributed by atoms with van der Waals surface area (Å²) in [7, 11) is -2.31. The van der Waals surface area contributed by atoms with Crippen molar-refractivity contribution in [1.29, 1.82) is 0 Å². The monoisotopic (exact) mass is 653 g/mol. The van der Waals surface area contributed by atoms with Crippen LogP contribution in [0.5, 0.6) is 11.6 Å². The van der Waals surface area contributed by atoms with Crippen LogP contribution in [0.3, 0.4) is 0 Å². The van der Waals surface area contributed by atoms with E-state index in [9.17, 15) is 27.6 Å². The lowest BCUT2D eigenvalue weighted by molar-refractivity contribution is -0.142. The number of carbonyl (C=O) groups excluding carboxylic acids is 4. The minimum Gasteiger partial charge on any atom is -0.497 e. The summed E-state index contributed by atoms with van der Waals surface area (Å²) in [5.41, 5.74) is -1.53. The van der Waals surface area contributed by atoms with E-state index in [0.717, 1.165) is 11.5 Å². The minimum absolute atomic E-state index is 0.0154. The van der Waals surface area contributed by atoms with Crippen LogP contribution in [0.2, 0.25) is 0 Å². The maximum Gasteiger partial charge on any atom is 0.259 e. The maximum atomic E-state index is 14.0. The first-order chi connectivity index (χ1) is 21.8. The average molecular weight is 654 g/mol. The number of ether oxygens (including phenoxy) is 2. The standard InChI is InChI=1S/C32H39N5O8S/c1-6-20-16-32(20,31(41)36-46(42,43)23-9-10-23)35-28(39)25-15-22(17-37(25)30(40)27(18(3)4)34-26(38)7-2)45-29-24-11-8-21(44-5)14-19(24)12-13-33-29/h6-8,11-14,18,20,22-23,25,27H,1-2,9-10,15-17H2,3-5H3,(H,34,38)(H,35,39)(H,36,41)/t20?,22-,25+,27?,32-/m1/s1. The highest BCUT2D eigenvalue weighted by Gasteiger charge is 2.62. The molecule has 2 aliphatic carbocycles. The van der Waals surface area contributed by atoms with Crippen molar-refractivity contribution in [3.05, 3.63) is 55.8 Å². The first kappa shape index (κ1) is 32.9. The van der Waals surface area contributed by atoms with Crippen molar-refractivity contribution in [3.8, 4) is 11.6 Å². The van der Waals surface area contributed by atoms with Gasteiger partial charge in [-0.25, -0.2) is 13.4 Å². The second-order valence-corrected chi connectivity index (χ2v) is 14.3. The van der Waals surface area contributed by atoms with Crippen molar-refractivity contribution in [3.63, 3.8) is 0 Å². The smallest absolute Gasteiger partial charge is 0.259 e. The van der Waals surface area contributed by atoms with Gasteiger partial charge in [-0.1, -0.05) is 26.5 Å². The fourth-order valence-electron chi connectivity index (χ4n) is 5.81. The Kier molecular flexibility index (Phi) is 9.12. The number of carbonyl (C=O) groups is 4. The van der Waals surface area contributed by atoms with Gasteiger partial charge in [0.1, 0.15) is 29.5 Å². The molecule has 1 aliphatic heterocycles. The molecule has 5 atom stereocenters. The molecule has 2 heterocycles. The lowest BCUT2D eigenvalue weighted by atomic mass is 10.0. The Morgan fingerprint density at radius 2 is 1.89 bits per heavy atom. The highest BCUT2D eigenvalue weighted by atomic mass is 32.2. The number of nitrogens with zero attached hydrogens (tertiary/aromatic N) is 2. The molecule has 5 rings (SSSR count). The summed E-state index contributed by atoms with van der Waals surface area (Å²) < 4.78 is 38.9. The van der Waals surface area contributed by atoms with E-state index >= 15 is 0 Å². The molecule has 3 aliphatic rings. The predicted octanol–water partition coefficient (Wildman–Crippen LogP) is 1.59. The average Bonchev–Trinajstić information content (AvgIpc) is 3.96. The van der Waals surface area contributed by atoms with Gasteiger partial charge < -0.3 is 25.0 Å². The molecule has 2 unspecified atom stereocenters. The van der Waals surface area contributed by atoms with Crippen LogP contribution < -0.4 is 24.8 Å². The van der Waals surface area contributed by atoms with Crippen LogP contribution in [0, 0.1) is 11.8 Å². The number of fused-ring (bicyclic) bond motifs is 1. The van der Waals surface area contributed by atoms with Crippen LogP contribution in [0.1, 0.15) is 39.5 Å². The Morgan fingerprint density at radius 3 is 2.50 bits per heavy atom. The van der Waals surface area contributed by atoms with Crippen LogP contribution in [-0.4, -0.2) is 84.6 Å².